The summed E-state index contributed by atoms with van der Waals surface area (Å²) in [6, 6.07) is 7.76. The molecule has 0 aromatic heterocycles. The van der Waals surface area contributed by atoms with Crippen LogP contribution in [0.15, 0.2) is 46.4 Å². The highest BCUT2D eigenvalue weighted by molar-refractivity contribution is 5.81. The van der Waals surface area contributed by atoms with Gasteiger partial charge in [0.2, 0.25) is 0 Å². The van der Waals surface area contributed by atoms with E-state index in [0.717, 1.165) is 77.0 Å². The molecule has 0 bridgehead atoms. The molecule has 6 aliphatic rings. The fraction of sp³-hybridized carbons (Fsp3) is 0.767. The molecule has 1 heterocycles. The van der Waals surface area contributed by atoms with Gasteiger partial charge in [-0.25, -0.2) is 0 Å². The van der Waals surface area contributed by atoms with E-state index in [0.29, 0.717) is 53.7 Å². The Morgan fingerprint density at radius 2 is 1.68 bits per heavy atom. The van der Waals surface area contributed by atoms with E-state index < -0.39 is 5.60 Å². The number of fused-ring (bicyclic) bond motifs is 3. The van der Waals surface area contributed by atoms with E-state index in [1.165, 1.54) is 30.4 Å². The fourth-order valence-electron chi connectivity index (χ4n) is 12.8. The Morgan fingerprint density at radius 3 is 2.36 bits per heavy atom. The highest BCUT2D eigenvalue weighted by Crippen LogP contribution is 2.70. The van der Waals surface area contributed by atoms with Crippen LogP contribution in [0.4, 0.5) is 0 Å². The number of nitrogens with two attached hydrogens (primary N) is 2. The van der Waals surface area contributed by atoms with Gasteiger partial charge in [-0.15, -0.1) is 0 Å². The minimum atomic E-state index is -0.707. The van der Waals surface area contributed by atoms with Gasteiger partial charge in [-0.2, -0.15) is 0 Å². The van der Waals surface area contributed by atoms with Crippen LogP contribution in [0.2, 0.25) is 0 Å². The van der Waals surface area contributed by atoms with Gasteiger partial charge in [0.05, 0.1) is 23.4 Å². The smallest absolute Gasteiger partial charge is 0.189 e. The molecule has 53 heavy (non-hydrogen) atoms. The van der Waals surface area contributed by atoms with Gasteiger partial charge in [-0.1, -0.05) is 31.2 Å². The van der Waals surface area contributed by atoms with Gasteiger partial charge in [0.15, 0.2) is 11.9 Å². The van der Waals surface area contributed by atoms with Gasteiger partial charge in [0.25, 0.3) is 0 Å². The predicted molar refractivity (Wildman–Crippen MR) is 211 cm³/mol. The summed E-state index contributed by atoms with van der Waals surface area (Å²) in [7, 11) is 3.39. The molecule has 10 heteroatoms. The van der Waals surface area contributed by atoms with Crippen LogP contribution in [0.1, 0.15) is 116 Å². The Bertz CT molecular complexity index is 1530. The molecule has 10 nitrogen and oxygen atoms in total. The molecule has 5 aliphatic carbocycles. The summed E-state index contributed by atoms with van der Waals surface area (Å²) in [5.41, 5.74) is 14.7. The van der Waals surface area contributed by atoms with E-state index in [2.05, 4.69) is 46.6 Å². The van der Waals surface area contributed by atoms with Crippen molar-refractivity contribution in [3.05, 3.63) is 42.0 Å². The lowest BCUT2D eigenvalue weighted by molar-refractivity contribution is -0.0831. The number of allylic oxidation sites excluding steroid dienone is 1. The van der Waals surface area contributed by atoms with Crippen LogP contribution in [0.25, 0.3) is 0 Å². The van der Waals surface area contributed by atoms with Gasteiger partial charge < -0.3 is 42.2 Å². The van der Waals surface area contributed by atoms with Gasteiger partial charge in [-0.05, 0) is 162 Å². The second-order valence-corrected chi connectivity index (χ2v) is 19.0. The van der Waals surface area contributed by atoms with Gasteiger partial charge in [-0.3, -0.25) is 9.98 Å². The number of phenols is 1. The Kier molecular flexibility index (Phi) is 10.7. The number of epoxide rings is 1. The van der Waals surface area contributed by atoms with Crippen molar-refractivity contribution in [3.8, 4) is 5.75 Å². The number of aliphatic imine (C=N–C) groups is 2. The average Bonchev–Trinajstić information content (AvgIpc) is 3.41. The monoisotopic (exact) mass is 733 g/mol. The summed E-state index contributed by atoms with van der Waals surface area (Å²) in [5.74, 6) is 3.92. The van der Waals surface area contributed by atoms with E-state index in [4.69, 9.17) is 22.8 Å². The largest absolute Gasteiger partial charge is 0.508 e. The standard InChI is InChI=1S/C43H68N6O4/c1-26-22-42(17-12-28(23-42)13-18-43(52)15-6-7-32(51)24-43)37-41(3,53-37)16-14-34-33(26)25-40(34,2)35-21-30(36(48-38(44)46-4)49-39(45)47-5)20-29(35)19-27-8-10-31(50)11-9-27/h8-11,28-30,32-37,50-52H,1,6-7,12-25H2,2-5H3,(H3,44,46,48)(H3,45,47,49). The molecule has 12 unspecified atom stereocenters. The predicted octanol–water partition coefficient (Wildman–Crippen LogP) is 5.74. The molecule has 1 aromatic carbocycles. The van der Waals surface area contributed by atoms with Gasteiger partial charge >= 0.3 is 0 Å². The number of rotatable bonds is 9. The number of aliphatic hydroxyl groups excluding tert-OH is 1. The van der Waals surface area contributed by atoms with E-state index >= 15 is 0 Å². The fourth-order valence-corrected chi connectivity index (χ4v) is 12.8. The molecule has 7 rings (SSSR count). The van der Waals surface area contributed by atoms with Crippen LogP contribution < -0.4 is 22.1 Å². The van der Waals surface area contributed by atoms with E-state index in [-0.39, 0.29) is 40.7 Å². The van der Waals surface area contributed by atoms with Crippen LogP contribution >= 0.6 is 0 Å². The Labute approximate surface area is 317 Å². The molecule has 1 spiro atoms. The first kappa shape index (κ1) is 38.5. The summed E-state index contributed by atoms with van der Waals surface area (Å²) >= 11 is 0. The van der Waals surface area contributed by atoms with Crippen LogP contribution in [0, 0.1) is 46.3 Å². The highest BCUT2D eigenvalue weighted by Gasteiger charge is 2.67. The van der Waals surface area contributed by atoms with E-state index in [1.54, 1.807) is 26.2 Å². The minimum Gasteiger partial charge on any atom is -0.508 e. The van der Waals surface area contributed by atoms with Crippen molar-refractivity contribution in [2.45, 2.75) is 146 Å². The molecule has 294 valence electrons. The third kappa shape index (κ3) is 7.71. The average molecular weight is 733 g/mol. The van der Waals surface area contributed by atoms with Crippen molar-refractivity contribution in [2.24, 2.45) is 67.8 Å². The van der Waals surface area contributed by atoms with Crippen LogP contribution in [0.5, 0.6) is 5.75 Å². The SMILES string of the molecule is C=C1CC2(CCC(CCC3(O)CCCC(O)C3)C2)C2OC2(C)CCC2C1CC2(C)C1CC(C(NC(N)=NC)NC(N)=NC)CC1Cc1ccc(O)cc1. The van der Waals surface area contributed by atoms with Crippen molar-refractivity contribution < 1.29 is 20.1 Å². The molecule has 12 atom stereocenters. The Morgan fingerprint density at radius 1 is 0.962 bits per heavy atom. The van der Waals surface area contributed by atoms with Crippen molar-refractivity contribution in [1.82, 2.24) is 10.6 Å². The normalized spacial score (nSPS) is 43.5. The number of benzene rings is 1. The zero-order chi connectivity index (χ0) is 37.8. The summed E-state index contributed by atoms with van der Waals surface area (Å²) in [4.78, 5) is 8.40. The minimum absolute atomic E-state index is 0.0805. The number of ether oxygens (including phenoxy) is 1. The van der Waals surface area contributed by atoms with E-state index in [1.807, 2.05) is 0 Å². The maximum atomic E-state index is 11.3. The van der Waals surface area contributed by atoms with E-state index in [9.17, 15) is 15.3 Å². The zero-order valence-electron chi connectivity index (χ0n) is 32.8. The molecular weight excluding hydrogens is 665 g/mol. The third-order valence-corrected chi connectivity index (χ3v) is 15.6. The molecule has 6 fully saturated rings. The lowest BCUT2D eigenvalue weighted by atomic mass is 9.45. The first-order valence-corrected chi connectivity index (χ1v) is 20.7. The second-order valence-electron chi connectivity index (χ2n) is 19.0. The lowest BCUT2D eigenvalue weighted by Crippen LogP contribution is -2.56. The number of hydrogen-bond acceptors (Lipinski definition) is 6. The van der Waals surface area contributed by atoms with Gasteiger partial charge in [0.1, 0.15) is 11.9 Å². The third-order valence-electron chi connectivity index (χ3n) is 15.6. The molecule has 5 saturated carbocycles. The van der Waals surface area contributed by atoms with Crippen LogP contribution in [-0.2, 0) is 11.2 Å². The number of aliphatic hydroxyl groups is 2. The lowest BCUT2D eigenvalue weighted by Gasteiger charge is -2.59. The number of nitrogens with one attached hydrogen (secondary N) is 2. The molecule has 1 aliphatic heterocycles. The maximum Gasteiger partial charge on any atom is 0.189 e. The molecule has 1 aromatic rings. The molecule has 9 N–H and O–H groups in total. The first-order chi connectivity index (χ1) is 25.2. The number of phenolic OH excluding ortho intramolecular Hbond substituents is 1. The number of hydrogen-bond donors (Lipinski definition) is 7. The Hall–Kier alpha value is -2.82. The summed E-state index contributed by atoms with van der Waals surface area (Å²) in [6.45, 7) is 9.83. The zero-order valence-corrected chi connectivity index (χ0v) is 32.8. The van der Waals surface area contributed by atoms with Crippen molar-refractivity contribution >= 4 is 11.9 Å². The van der Waals surface area contributed by atoms with Crippen LogP contribution in [-0.4, -0.2) is 70.9 Å². The van der Waals surface area contributed by atoms with Crippen LogP contribution in [0.3, 0.4) is 0 Å². The van der Waals surface area contributed by atoms with Crippen molar-refractivity contribution in [3.63, 3.8) is 0 Å². The molecular formula is C43H68N6O4. The number of aromatic hydroxyl groups is 1. The molecule has 0 amide bonds. The second kappa shape index (κ2) is 14.7. The highest BCUT2D eigenvalue weighted by atomic mass is 16.6. The summed E-state index contributed by atoms with van der Waals surface area (Å²) < 4.78 is 6.79. The number of guanidine groups is 2. The molecule has 0 radical (unpaired) electrons. The quantitative estimate of drug-likeness (QED) is 0.0553. The van der Waals surface area contributed by atoms with Gasteiger partial charge in [0, 0.05) is 25.9 Å². The Balaban J connectivity index is 1.09. The van der Waals surface area contributed by atoms with Crippen molar-refractivity contribution in [2.75, 3.05) is 14.1 Å². The first-order valence-electron chi connectivity index (χ1n) is 20.7. The maximum absolute atomic E-state index is 11.3. The summed E-state index contributed by atoms with van der Waals surface area (Å²) in [5, 5.41) is 38.4. The summed E-state index contributed by atoms with van der Waals surface area (Å²) in [6.07, 6.45) is 15.6. The topological polar surface area (TPSA) is 174 Å². The number of nitrogens with zero attached hydrogens (tertiary/aromatic N) is 2. The molecule has 1 saturated heterocycles. The van der Waals surface area contributed by atoms with Crippen molar-refractivity contribution in [1.29, 1.82) is 0 Å².